The molecule has 0 spiro atoms. The lowest BCUT2D eigenvalue weighted by atomic mass is 10.1. The van der Waals surface area contributed by atoms with Crippen LogP contribution in [-0.2, 0) is 21.9 Å². The quantitative estimate of drug-likeness (QED) is 0.367. The molecule has 0 heterocycles. The molecule has 2 rings (SSSR count). The predicted molar refractivity (Wildman–Crippen MR) is 137 cm³/mol. The Bertz CT molecular complexity index is 909. The number of carbonyl (C=O) groups excluding carboxylic acids is 2. The molecule has 0 fully saturated rings. The van der Waals surface area contributed by atoms with Crippen LogP contribution in [0.2, 0.25) is 15.1 Å². The second-order valence-electron chi connectivity index (χ2n) is 7.63. The summed E-state index contributed by atoms with van der Waals surface area (Å²) in [5.74, 6) is 0.704. The minimum Gasteiger partial charge on any atom is -0.352 e. The molecule has 32 heavy (non-hydrogen) atoms. The summed E-state index contributed by atoms with van der Waals surface area (Å²) in [5, 5.41) is 4.57. The third kappa shape index (κ3) is 8.18. The largest absolute Gasteiger partial charge is 0.352 e. The molecule has 2 aromatic rings. The van der Waals surface area contributed by atoms with Gasteiger partial charge >= 0.3 is 0 Å². The number of benzene rings is 2. The van der Waals surface area contributed by atoms with Gasteiger partial charge in [0, 0.05) is 23.4 Å². The SMILES string of the molecule is CC[C@H](C)NC(=O)[C@H](CC)N(Cc1ccc(Cl)c(Cl)c1)C(=O)CSCc1ccc(Cl)cc1. The smallest absolute Gasteiger partial charge is 0.243 e. The van der Waals surface area contributed by atoms with Crippen molar-refractivity contribution in [2.24, 2.45) is 0 Å². The molecule has 0 saturated carbocycles. The number of hydrogen-bond acceptors (Lipinski definition) is 3. The average Bonchev–Trinajstić information content (AvgIpc) is 2.77. The van der Waals surface area contributed by atoms with Gasteiger partial charge in [-0.05, 0) is 55.2 Å². The van der Waals surface area contributed by atoms with Gasteiger partial charge in [-0.2, -0.15) is 0 Å². The topological polar surface area (TPSA) is 49.4 Å². The molecule has 0 aliphatic carbocycles. The van der Waals surface area contributed by atoms with Crippen LogP contribution in [0.25, 0.3) is 0 Å². The summed E-state index contributed by atoms with van der Waals surface area (Å²) in [4.78, 5) is 27.9. The molecule has 2 atom stereocenters. The Labute approximate surface area is 210 Å². The molecule has 4 nitrogen and oxygen atoms in total. The summed E-state index contributed by atoms with van der Waals surface area (Å²) < 4.78 is 0. The van der Waals surface area contributed by atoms with E-state index >= 15 is 0 Å². The van der Waals surface area contributed by atoms with E-state index in [1.807, 2.05) is 51.1 Å². The van der Waals surface area contributed by atoms with Crippen molar-refractivity contribution < 1.29 is 9.59 Å². The second-order valence-corrected chi connectivity index (χ2v) is 9.87. The van der Waals surface area contributed by atoms with Gasteiger partial charge < -0.3 is 10.2 Å². The Morgan fingerprint density at radius 3 is 2.22 bits per heavy atom. The zero-order valence-corrected chi connectivity index (χ0v) is 21.6. The third-order valence-electron chi connectivity index (χ3n) is 5.13. The van der Waals surface area contributed by atoms with Crippen molar-refractivity contribution in [3.8, 4) is 0 Å². The molecule has 0 unspecified atom stereocenters. The summed E-state index contributed by atoms with van der Waals surface area (Å²) in [6.45, 7) is 6.16. The minimum absolute atomic E-state index is 0.0396. The van der Waals surface area contributed by atoms with Gasteiger partial charge in [0.15, 0.2) is 0 Å². The average molecular weight is 516 g/mol. The lowest BCUT2D eigenvalue weighted by Crippen LogP contribution is -2.51. The van der Waals surface area contributed by atoms with E-state index in [-0.39, 0.29) is 30.2 Å². The Kier molecular flexibility index (Phi) is 11.2. The first-order valence-electron chi connectivity index (χ1n) is 10.6. The van der Waals surface area contributed by atoms with Crippen LogP contribution < -0.4 is 5.32 Å². The fourth-order valence-electron chi connectivity index (χ4n) is 3.12. The van der Waals surface area contributed by atoms with Crippen LogP contribution in [0.4, 0.5) is 0 Å². The van der Waals surface area contributed by atoms with Gasteiger partial charge in [-0.3, -0.25) is 9.59 Å². The van der Waals surface area contributed by atoms with E-state index in [0.29, 0.717) is 27.2 Å². The van der Waals surface area contributed by atoms with Gasteiger partial charge in [-0.1, -0.05) is 66.8 Å². The third-order valence-corrected chi connectivity index (χ3v) is 7.11. The highest BCUT2D eigenvalue weighted by Crippen LogP contribution is 2.25. The predicted octanol–water partition coefficient (Wildman–Crippen LogP) is 6.60. The van der Waals surface area contributed by atoms with E-state index in [0.717, 1.165) is 17.5 Å². The molecule has 0 radical (unpaired) electrons. The van der Waals surface area contributed by atoms with Crippen LogP contribution in [0.1, 0.15) is 44.7 Å². The number of carbonyl (C=O) groups is 2. The lowest BCUT2D eigenvalue weighted by molar-refractivity contribution is -0.139. The van der Waals surface area contributed by atoms with E-state index in [1.165, 1.54) is 11.8 Å². The summed E-state index contributed by atoms with van der Waals surface area (Å²) in [6, 6.07) is 12.3. The number of halogens is 3. The standard InChI is InChI=1S/C24H29Cl3N2O2S/c1-4-16(3)28-24(31)22(5-2)29(13-18-8-11-20(26)21(27)12-18)23(30)15-32-14-17-6-9-19(25)10-7-17/h6-12,16,22H,4-5,13-15H2,1-3H3,(H,28,31)/t16-,22-/m0/s1. The van der Waals surface area contributed by atoms with Crippen LogP contribution in [-0.4, -0.2) is 34.6 Å². The number of amides is 2. The first-order valence-corrected chi connectivity index (χ1v) is 12.9. The highest BCUT2D eigenvalue weighted by molar-refractivity contribution is 7.99. The van der Waals surface area contributed by atoms with E-state index in [2.05, 4.69) is 5.32 Å². The second kappa shape index (κ2) is 13.3. The zero-order chi connectivity index (χ0) is 23.7. The monoisotopic (exact) mass is 514 g/mol. The van der Waals surface area contributed by atoms with Crippen LogP contribution >= 0.6 is 46.6 Å². The number of hydrogen-bond donors (Lipinski definition) is 1. The maximum Gasteiger partial charge on any atom is 0.243 e. The molecule has 0 saturated heterocycles. The van der Waals surface area contributed by atoms with E-state index in [4.69, 9.17) is 34.8 Å². The van der Waals surface area contributed by atoms with Gasteiger partial charge in [0.25, 0.3) is 0 Å². The van der Waals surface area contributed by atoms with E-state index < -0.39 is 6.04 Å². The molecule has 174 valence electrons. The Balaban J connectivity index is 2.16. The van der Waals surface area contributed by atoms with Crippen molar-refractivity contribution in [3.63, 3.8) is 0 Å². The van der Waals surface area contributed by atoms with Crippen molar-refractivity contribution in [3.05, 3.63) is 68.7 Å². The Morgan fingerprint density at radius 1 is 0.969 bits per heavy atom. The van der Waals surface area contributed by atoms with Crippen LogP contribution in [0.3, 0.4) is 0 Å². The molecule has 1 N–H and O–H groups in total. The van der Waals surface area contributed by atoms with Crippen LogP contribution in [0.15, 0.2) is 42.5 Å². The summed E-state index contributed by atoms with van der Waals surface area (Å²) in [7, 11) is 0. The molecular weight excluding hydrogens is 487 g/mol. The minimum atomic E-state index is -0.568. The molecule has 0 aliphatic rings. The first kappa shape index (κ1) is 26.8. The Hall–Kier alpha value is -1.40. The van der Waals surface area contributed by atoms with Crippen molar-refractivity contribution in [1.82, 2.24) is 10.2 Å². The fraction of sp³-hybridized carbons (Fsp3) is 0.417. The molecule has 2 amide bonds. The van der Waals surface area contributed by atoms with Crippen LogP contribution in [0.5, 0.6) is 0 Å². The highest BCUT2D eigenvalue weighted by Gasteiger charge is 2.29. The Morgan fingerprint density at radius 2 is 1.62 bits per heavy atom. The van der Waals surface area contributed by atoms with Gasteiger partial charge in [0.2, 0.25) is 11.8 Å². The van der Waals surface area contributed by atoms with Crippen molar-refractivity contribution in [1.29, 1.82) is 0 Å². The highest BCUT2D eigenvalue weighted by atomic mass is 35.5. The first-order chi connectivity index (χ1) is 15.2. The molecular formula is C24H29Cl3N2O2S. The van der Waals surface area contributed by atoms with Gasteiger partial charge in [-0.15, -0.1) is 11.8 Å². The van der Waals surface area contributed by atoms with E-state index in [9.17, 15) is 9.59 Å². The molecule has 0 aliphatic heterocycles. The number of nitrogens with one attached hydrogen (secondary N) is 1. The fourth-order valence-corrected chi connectivity index (χ4v) is 4.43. The molecule has 0 aromatic heterocycles. The summed E-state index contributed by atoms with van der Waals surface area (Å²) in [6.07, 6.45) is 1.33. The van der Waals surface area contributed by atoms with Gasteiger partial charge in [0.1, 0.15) is 6.04 Å². The maximum atomic E-state index is 13.2. The lowest BCUT2D eigenvalue weighted by Gasteiger charge is -2.31. The van der Waals surface area contributed by atoms with Crippen LogP contribution in [0, 0.1) is 0 Å². The maximum absolute atomic E-state index is 13.2. The van der Waals surface area contributed by atoms with Crippen molar-refractivity contribution in [2.75, 3.05) is 5.75 Å². The molecule has 0 bridgehead atoms. The normalized spacial score (nSPS) is 12.8. The summed E-state index contributed by atoms with van der Waals surface area (Å²) >= 11 is 19.7. The zero-order valence-electron chi connectivity index (χ0n) is 18.5. The van der Waals surface area contributed by atoms with E-state index in [1.54, 1.807) is 17.0 Å². The van der Waals surface area contributed by atoms with Crippen molar-refractivity contribution >= 4 is 58.4 Å². The van der Waals surface area contributed by atoms with Gasteiger partial charge in [0.05, 0.1) is 15.8 Å². The molecule has 8 heteroatoms. The number of rotatable bonds is 11. The number of thioether (sulfide) groups is 1. The summed E-state index contributed by atoms with van der Waals surface area (Å²) in [5.41, 5.74) is 1.91. The molecule has 2 aromatic carbocycles. The van der Waals surface area contributed by atoms with Crippen molar-refractivity contribution in [2.45, 2.75) is 58.0 Å². The number of nitrogens with zero attached hydrogens (tertiary/aromatic N) is 1. The van der Waals surface area contributed by atoms with Gasteiger partial charge in [-0.25, -0.2) is 0 Å².